The van der Waals surface area contributed by atoms with E-state index < -0.39 is 0 Å². The standard InChI is InChI=1S/C14H16N4O2/c1-3-6-13(19)16-17-14(20)9-12-15-10-7-4-5-8-11(10)18(12)2/h3-8H,9H2,1-2H3,(H,16,19)(H,17,20). The maximum absolute atomic E-state index is 11.7. The van der Waals surface area contributed by atoms with Crippen molar-refractivity contribution < 1.29 is 9.59 Å². The van der Waals surface area contributed by atoms with Gasteiger partial charge < -0.3 is 4.57 Å². The molecule has 0 atom stereocenters. The lowest BCUT2D eigenvalue weighted by molar-refractivity contribution is -0.126. The molecule has 0 radical (unpaired) electrons. The number of nitrogens with zero attached hydrogens (tertiary/aromatic N) is 2. The highest BCUT2D eigenvalue weighted by Gasteiger charge is 2.11. The summed E-state index contributed by atoms with van der Waals surface area (Å²) in [5.74, 6) is -0.0453. The number of aryl methyl sites for hydroxylation is 1. The SMILES string of the molecule is CC=CC(=O)NNC(=O)Cc1nc2ccccc2n1C. The number of rotatable bonds is 3. The molecular formula is C14H16N4O2. The zero-order chi connectivity index (χ0) is 14.5. The second-order valence-electron chi connectivity index (χ2n) is 4.29. The highest BCUT2D eigenvalue weighted by atomic mass is 16.2. The maximum atomic E-state index is 11.7. The van der Waals surface area contributed by atoms with Crippen LogP contribution in [0.1, 0.15) is 12.7 Å². The zero-order valence-electron chi connectivity index (χ0n) is 11.4. The van der Waals surface area contributed by atoms with E-state index in [-0.39, 0.29) is 18.2 Å². The van der Waals surface area contributed by atoms with Crippen LogP contribution in [0.15, 0.2) is 36.4 Å². The first-order valence-corrected chi connectivity index (χ1v) is 6.23. The molecule has 20 heavy (non-hydrogen) atoms. The molecule has 6 heteroatoms. The van der Waals surface area contributed by atoms with E-state index in [9.17, 15) is 9.59 Å². The van der Waals surface area contributed by atoms with Crippen molar-refractivity contribution in [1.29, 1.82) is 0 Å². The Balaban J connectivity index is 2.03. The number of aromatic nitrogens is 2. The van der Waals surface area contributed by atoms with E-state index in [4.69, 9.17) is 0 Å². The molecule has 0 saturated heterocycles. The third-order valence-electron chi connectivity index (χ3n) is 2.84. The molecule has 2 aromatic rings. The van der Waals surface area contributed by atoms with Gasteiger partial charge in [0.25, 0.3) is 5.91 Å². The fraction of sp³-hybridized carbons (Fsp3) is 0.214. The molecule has 0 aliphatic heterocycles. The number of carbonyl (C=O) groups excluding carboxylic acids is 2. The Morgan fingerprint density at radius 3 is 2.75 bits per heavy atom. The van der Waals surface area contributed by atoms with Crippen molar-refractivity contribution in [2.45, 2.75) is 13.3 Å². The van der Waals surface area contributed by atoms with Crippen molar-refractivity contribution in [3.63, 3.8) is 0 Å². The van der Waals surface area contributed by atoms with E-state index in [1.165, 1.54) is 6.08 Å². The largest absolute Gasteiger partial charge is 0.331 e. The van der Waals surface area contributed by atoms with Gasteiger partial charge in [-0.15, -0.1) is 0 Å². The van der Waals surface area contributed by atoms with Gasteiger partial charge in [0, 0.05) is 13.1 Å². The fourth-order valence-corrected chi connectivity index (χ4v) is 1.87. The Kier molecular flexibility index (Phi) is 4.14. The van der Waals surface area contributed by atoms with Crippen LogP contribution in [0.5, 0.6) is 0 Å². The van der Waals surface area contributed by atoms with Crippen molar-refractivity contribution in [3.05, 3.63) is 42.2 Å². The average molecular weight is 272 g/mol. The Hall–Kier alpha value is -2.63. The number of para-hydroxylation sites is 2. The summed E-state index contributed by atoms with van der Waals surface area (Å²) in [4.78, 5) is 27.3. The minimum Gasteiger partial charge on any atom is -0.331 e. The van der Waals surface area contributed by atoms with Crippen molar-refractivity contribution >= 4 is 22.8 Å². The molecule has 6 nitrogen and oxygen atoms in total. The van der Waals surface area contributed by atoms with E-state index in [0.29, 0.717) is 5.82 Å². The number of allylic oxidation sites excluding steroid dienone is 1. The van der Waals surface area contributed by atoms with E-state index >= 15 is 0 Å². The van der Waals surface area contributed by atoms with Gasteiger partial charge in [-0.05, 0) is 19.1 Å². The lowest BCUT2D eigenvalue weighted by Crippen LogP contribution is -2.41. The van der Waals surface area contributed by atoms with Crippen LogP contribution in [-0.2, 0) is 23.1 Å². The third-order valence-corrected chi connectivity index (χ3v) is 2.84. The summed E-state index contributed by atoms with van der Waals surface area (Å²) in [6.07, 6.45) is 3.02. The molecule has 1 aromatic heterocycles. The Morgan fingerprint density at radius 1 is 1.30 bits per heavy atom. The predicted octanol–water partition coefficient (Wildman–Crippen LogP) is 0.839. The van der Waals surface area contributed by atoms with Crippen LogP contribution in [0.2, 0.25) is 0 Å². The summed E-state index contributed by atoms with van der Waals surface area (Å²) in [5.41, 5.74) is 6.45. The lowest BCUT2D eigenvalue weighted by atomic mass is 10.3. The van der Waals surface area contributed by atoms with E-state index in [1.807, 2.05) is 35.9 Å². The van der Waals surface area contributed by atoms with Gasteiger partial charge in [-0.3, -0.25) is 20.4 Å². The Labute approximate surface area is 116 Å². The minimum atomic E-state index is -0.370. The molecule has 1 heterocycles. The lowest BCUT2D eigenvalue weighted by Gasteiger charge is -2.05. The average Bonchev–Trinajstić information content (AvgIpc) is 2.74. The second-order valence-corrected chi connectivity index (χ2v) is 4.29. The number of benzene rings is 1. The molecule has 1 aromatic carbocycles. The van der Waals surface area contributed by atoms with Crippen LogP contribution in [0, 0.1) is 0 Å². The number of amides is 2. The predicted molar refractivity (Wildman–Crippen MR) is 75.5 cm³/mol. The number of carbonyl (C=O) groups is 2. The van der Waals surface area contributed by atoms with Crippen molar-refractivity contribution in [3.8, 4) is 0 Å². The van der Waals surface area contributed by atoms with Gasteiger partial charge in [0.2, 0.25) is 5.91 Å². The molecule has 104 valence electrons. The molecule has 2 rings (SSSR count). The quantitative estimate of drug-likeness (QED) is 0.642. The molecule has 0 fully saturated rings. The Bertz CT molecular complexity index is 673. The molecule has 0 unspecified atom stereocenters. The van der Waals surface area contributed by atoms with Crippen molar-refractivity contribution in [2.24, 2.45) is 7.05 Å². The van der Waals surface area contributed by atoms with Crippen LogP contribution in [0.25, 0.3) is 11.0 Å². The molecule has 2 amide bonds. The number of hydrazine groups is 1. The zero-order valence-corrected chi connectivity index (χ0v) is 11.4. The van der Waals surface area contributed by atoms with E-state index in [2.05, 4.69) is 15.8 Å². The first-order chi connectivity index (χ1) is 9.61. The van der Waals surface area contributed by atoms with Crippen LogP contribution in [-0.4, -0.2) is 21.4 Å². The fourth-order valence-electron chi connectivity index (χ4n) is 1.87. The van der Waals surface area contributed by atoms with Crippen molar-refractivity contribution in [2.75, 3.05) is 0 Å². The second kappa shape index (κ2) is 6.01. The smallest absolute Gasteiger partial charge is 0.262 e. The topological polar surface area (TPSA) is 76.0 Å². The van der Waals surface area contributed by atoms with E-state index in [0.717, 1.165) is 11.0 Å². The van der Waals surface area contributed by atoms with Crippen LogP contribution in [0.4, 0.5) is 0 Å². The van der Waals surface area contributed by atoms with Gasteiger partial charge in [-0.25, -0.2) is 4.98 Å². The van der Waals surface area contributed by atoms with E-state index in [1.54, 1.807) is 13.0 Å². The van der Waals surface area contributed by atoms with Gasteiger partial charge >= 0.3 is 0 Å². The molecule has 0 aliphatic rings. The molecule has 0 saturated carbocycles. The van der Waals surface area contributed by atoms with Crippen LogP contribution in [0.3, 0.4) is 0 Å². The number of nitrogens with one attached hydrogen (secondary N) is 2. The van der Waals surface area contributed by atoms with Gasteiger partial charge in [-0.2, -0.15) is 0 Å². The molecule has 0 bridgehead atoms. The van der Waals surface area contributed by atoms with Gasteiger partial charge in [0.1, 0.15) is 5.82 Å². The van der Waals surface area contributed by atoms with Crippen molar-refractivity contribution in [1.82, 2.24) is 20.4 Å². The molecule has 0 aliphatic carbocycles. The number of imidazole rings is 1. The van der Waals surface area contributed by atoms with Crippen LogP contribution < -0.4 is 10.9 Å². The highest BCUT2D eigenvalue weighted by molar-refractivity contribution is 5.90. The Morgan fingerprint density at radius 2 is 2.05 bits per heavy atom. The summed E-state index contributed by atoms with van der Waals surface area (Å²) in [5, 5.41) is 0. The number of fused-ring (bicyclic) bond motifs is 1. The molecular weight excluding hydrogens is 256 g/mol. The third kappa shape index (κ3) is 3.03. The van der Waals surface area contributed by atoms with Gasteiger partial charge in [-0.1, -0.05) is 18.2 Å². The summed E-state index contributed by atoms with van der Waals surface area (Å²) in [6, 6.07) is 7.66. The summed E-state index contributed by atoms with van der Waals surface area (Å²) < 4.78 is 1.86. The molecule has 0 spiro atoms. The first-order valence-electron chi connectivity index (χ1n) is 6.23. The van der Waals surface area contributed by atoms with Gasteiger partial charge in [0.05, 0.1) is 17.5 Å². The monoisotopic (exact) mass is 272 g/mol. The number of hydrogen-bond acceptors (Lipinski definition) is 3. The molecule has 2 N–H and O–H groups in total. The minimum absolute atomic E-state index is 0.0985. The first kappa shape index (κ1) is 13.8. The summed E-state index contributed by atoms with van der Waals surface area (Å²) in [7, 11) is 1.86. The number of hydrogen-bond donors (Lipinski definition) is 2. The van der Waals surface area contributed by atoms with Gasteiger partial charge in [0.15, 0.2) is 0 Å². The highest BCUT2D eigenvalue weighted by Crippen LogP contribution is 2.14. The maximum Gasteiger partial charge on any atom is 0.262 e. The summed E-state index contributed by atoms with van der Waals surface area (Å²) >= 11 is 0. The van der Waals surface area contributed by atoms with Crippen LogP contribution >= 0.6 is 0 Å². The normalized spacial score (nSPS) is 10.9. The summed E-state index contributed by atoms with van der Waals surface area (Å²) in [6.45, 7) is 1.72.